The molecule has 106 valence electrons. The van der Waals surface area contributed by atoms with Crippen molar-refractivity contribution >= 4 is 16.6 Å². The van der Waals surface area contributed by atoms with E-state index in [1.807, 2.05) is 18.3 Å². The maximum atomic E-state index is 6.04. The Morgan fingerprint density at radius 1 is 1.25 bits per heavy atom. The van der Waals surface area contributed by atoms with Gasteiger partial charge in [-0.1, -0.05) is 19.4 Å². The van der Waals surface area contributed by atoms with E-state index in [9.17, 15) is 0 Å². The maximum Gasteiger partial charge on any atom is 0.0767 e. The van der Waals surface area contributed by atoms with Crippen LogP contribution in [0.25, 0.3) is 10.9 Å². The van der Waals surface area contributed by atoms with Crippen LogP contribution >= 0.6 is 0 Å². The van der Waals surface area contributed by atoms with Crippen molar-refractivity contribution in [2.24, 2.45) is 5.92 Å². The van der Waals surface area contributed by atoms with Gasteiger partial charge < -0.3 is 5.73 Å². The molecule has 2 aromatic rings. The molecule has 0 unspecified atom stereocenters. The van der Waals surface area contributed by atoms with E-state index in [1.54, 1.807) is 0 Å². The van der Waals surface area contributed by atoms with Crippen LogP contribution in [-0.4, -0.2) is 23.0 Å². The second-order valence-corrected chi connectivity index (χ2v) is 5.84. The van der Waals surface area contributed by atoms with Gasteiger partial charge in [-0.05, 0) is 55.6 Å². The summed E-state index contributed by atoms with van der Waals surface area (Å²) in [5, 5.41) is 1.08. The first-order valence-corrected chi connectivity index (χ1v) is 7.62. The van der Waals surface area contributed by atoms with Crippen molar-refractivity contribution in [1.29, 1.82) is 0 Å². The van der Waals surface area contributed by atoms with Crippen molar-refractivity contribution in [3.05, 3.63) is 36.0 Å². The molecule has 0 saturated carbocycles. The molecule has 0 aliphatic carbocycles. The van der Waals surface area contributed by atoms with E-state index in [4.69, 9.17) is 5.73 Å². The zero-order valence-electron chi connectivity index (χ0n) is 12.2. The van der Waals surface area contributed by atoms with Crippen molar-refractivity contribution in [3.8, 4) is 0 Å². The summed E-state index contributed by atoms with van der Waals surface area (Å²) >= 11 is 0. The summed E-state index contributed by atoms with van der Waals surface area (Å²) in [5.74, 6) is 0.924. The number of aromatic nitrogens is 1. The van der Waals surface area contributed by atoms with Gasteiger partial charge in [-0.25, -0.2) is 0 Å². The molecule has 1 aliphatic rings. The first-order chi connectivity index (χ1) is 9.78. The summed E-state index contributed by atoms with van der Waals surface area (Å²) in [5.41, 5.74) is 9.22. The third-order valence-electron chi connectivity index (χ3n) is 4.57. The number of hydrogen-bond acceptors (Lipinski definition) is 3. The topological polar surface area (TPSA) is 42.1 Å². The Kier molecular flexibility index (Phi) is 3.88. The minimum atomic E-state index is 0.821. The summed E-state index contributed by atoms with van der Waals surface area (Å²) < 4.78 is 0. The van der Waals surface area contributed by atoms with Crippen molar-refractivity contribution in [1.82, 2.24) is 9.88 Å². The molecule has 1 fully saturated rings. The Morgan fingerprint density at radius 2 is 2.05 bits per heavy atom. The van der Waals surface area contributed by atoms with Gasteiger partial charge in [0, 0.05) is 23.8 Å². The molecular formula is C17H23N3. The number of likely N-dealkylation sites (tertiary alicyclic amines) is 1. The highest BCUT2D eigenvalue weighted by Crippen LogP contribution is 2.26. The Balaban J connectivity index is 1.80. The maximum absolute atomic E-state index is 6.04. The molecule has 1 saturated heterocycles. The predicted octanol–water partition coefficient (Wildman–Crippen LogP) is 3.44. The highest BCUT2D eigenvalue weighted by Gasteiger charge is 2.18. The van der Waals surface area contributed by atoms with Crippen molar-refractivity contribution in [2.45, 2.75) is 32.7 Å². The van der Waals surface area contributed by atoms with Crippen LogP contribution in [0.2, 0.25) is 0 Å². The average molecular weight is 269 g/mol. The van der Waals surface area contributed by atoms with E-state index in [2.05, 4.69) is 28.9 Å². The molecule has 3 heteroatoms. The minimum absolute atomic E-state index is 0.821. The monoisotopic (exact) mass is 269 g/mol. The molecule has 1 aromatic carbocycles. The van der Waals surface area contributed by atoms with E-state index in [1.165, 1.54) is 37.9 Å². The number of nitrogens with two attached hydrogens (primary N) is 1. The molecule has 3 rings (SSSR count). The molecule has 2 N–H and O–H groups in total. The van der Waals surface area contributed by atoms with Crippen LogP contribution in [0.5, 0.6) is 0 Å². The molecular weight excluding hydrogens is 246 g/mol. The second kappa shape index (κ2) is 5.80. The van der Waals surface area contributed by atoms with Crippen LogP contribution in [0.15, 0.2) is 30.5 Å². The summed E-state index contributed by atoms with van der Waals surface area (Å²) in [4.78, 5) is 7.08. The summed E-state index contributed by atoms with van der Waals surface area (Å²) in [6.45, 7) is 5.70. The largest absolute Gasteiger partial charge is 0.398 e. The highest BCUT2D eigenvalue weighted by atomic mass is 15.1. The first-order valence-electron chi connectivity index (χ1n) is 7.62. The van der Waals surface area contributed by atoms with Crippen LogP contribution in [-0.2, 0) is 6.54 Å². The number of hydrogen-bond donors (Lipinski definition) is 1. The number of piperidine rings is 1. The van der Waals surface area contributed by atoms with Gasteiger partial charge in [0.1, 0.15) is 0 Å². The molecule has 1 aromatic heterocycles. The van der Waals surface area contributed by atoms with Crippen LogP contribution < -0.4 is 5.73 Å². The van der Waals surface area contributed by atoms with Gasteiger partial charge in [-0.15, -0.1) is 0 Å². The first kappa shape index (κ1) is 13.4. The third-order valence-corrected chi connectivity index (χ3v) is 4.57. The van der Waals surface area contributed by atoms with Crippen LogP contribution in [0, 0.1) is 5.92 Å². The Bertz CT molecular complexity index is 586. The molecule has 1 aliphatic heterocycles. The smallest absolute Gasteiger partial charge is 0.0767 e. The van der Waals surface area contributed by atoms with Gasteiger partial charge in [0.15, 0.2) is 0 Å². The van der Waals surface area contributed by atoms with Gasteiger partial charge in [-0.2, -0.15) is 0 Å². The third kappa shape index (κ3) is 2.63. The molecule has 2 heterocycles. The van der Waals surface area contributed by atoms with E-state index < -0.39 is 0 Å². The fourth-order valence-electron chi connectivity index (χ4n) is 3.17. The molecule has 3 nitrogen and oxygen atoms in total. The van der Waals surface area contributed by atoms with E-state index in [0.29, 0.717) is 0 Å². The molecule has 0 atom stereocenters. The van der Waals surface area contributed by atoms with Gasteiger partial charge in [-0.3, -0.25) is 9.88 Å². The fraction of sp³-hybridized carbons (Fsp3) is 0.471. The lowest BCUT2D eigenvalue weighted by molar-refractivity contribution is 0.175. The Labute approximate surface area is 120 Å². The van der Waals surface area contributed by atoms with E-state index in [0.717, 1.165) is 29.1 Å². The average Bonchev–Trinajstić information content (AvgIpc) is 2.51. The van der Waals surface area contributed by atoms with Gasteiger partial charge in [0.05, 0.1) is 5.52 Å². The molecule has 0 bridgehead atoms. The molecule has 0 radical (unpaired) electrons. The van der Waals surface area contributed by atoms with Crippen molar-refractivity contribution in [3.63, 3.8) is 0 Å². The number of anilines is 1. The van der Waals surface area contributed by atoms with Gasteiger partial charge in [0.25, 0.3) is 0 Å². The normalized spacial score (nSPS) is 17.6. The number of nitrogens with zero attached hydrogens (tertiary/aromatic N) is 2. The number of pyridine rings is 1. The standard InChI is InChI=1S/C17H23N3/c1-2-13-7-10-20(11-8-13)12-14-5-6-16(18)15-4-3-9-19-17(14)15/h3-6,9,13H,2,7-8,10-12,18H2,1H3. The number of rotatable bonds is 3. The number of benzene rings is 1. The summed E-state index contributed by atoms with van der Waals surface area (Å²) in [6, 6.07) is 8.16. The van der Waals surface area contributed by atoms with E-state index >= 15 is 0 Å². The predicted molar refractivity (Wildman–Crippen MR) is 84.4 cm³/mol. The Hall–Kier alpha value is -1.61. The fourth-order valence-corrected chi connectivity index (χ4v) is 3.17. The molecule has 0 amide bonds. The lowest BCUT2D eigenvalue weighted by atomic mass is 9.94. The highest BCUT2D eigenvalue weighted by molar-refractivity contribution is 5.92. The summed E-state index contributed by atoms with van der Waals surface area (Å²) in [6.07, 6.45) is 5.84. The lowest BCUT2D eigenvalue weighted by Gasteiger charge is -2.31. The number of nitrogen functional groups attached to an aromatic ring is 1. The van der Waals surface area contributed by atoms with Crippen molar-refractivity contribution < 1.29 is 0 Å². The zero-order valence-corrected chi connectivity index (χ0v) is 12.2. The molecule has 20 heavy (non-hydrogen) atoms. The van der Waals surface area contributed by atoms with Crippen LogP contribution in [0.1, 0.15) is 31.7 Å². The SMILES string of the molecule is CCC1CCN(Cc2ccc(N)c3cccnc23)CC1. The van der Waals surface area contributed by atoms with Crippen LogP contribution in [0.4, 0.5) is 5.69 Å². The lowest BCUT2D eigenvalue weighted by Crippen LogP contribution is -2.33. The van der Waals surface area contributed by atoms with E-state index in [-0.39, 0.29) is 0 Å². The molecule has 0 spiro atoms. The quantitative estimate of drug-likeness (QED) is 0.868. The van der Waals surface area contributed by atoms with Crippen LogP contribution in [0.3, 0.4) is 0 Å². The van der Waals surface area contributed by atoms with Gasteiger partial charge >= 0.3 is 0 Å². The second-order valence-electron chi connectivity index (χ2n) is 5.84. The Morgan fingerprint density at radius 3 is 2.80 bits per heavy atom. The number of fused-ring (bicyclic) bond motifs is 1. The zero-order chi connectivity index (χ0) is 13.9. The van der Waals surface area contributed by atoms with Crippen molar-refractivity contribution in [2.75, 3.05) is 18.8 Å². The van der Waals surface area contributed by atoms with Gasteiger partial charge in [0.2, 0.25) is 0 Å². The minimum Gasteiger partial charge on any atom is -0.398 e. The summed E-state index contributed by atoms with van der Waals surface area (Å²) in [7, 11) is 0.